The van der Waals surface area contributed by atoms with Crippen LogP contribution in [0.4, 0.5) is 4.39 Å². The maximum atomic E-state index is 14.4. The Kier molecular flexibility index (Phi) is 7.33. The molecule has 1 aromatic carbocycles. The van der Waals surface area contributed by atoms with Crippen LogP contribution in [0.3, 0.4) is 0 Å². The molecule has 0 bridgehead atoms. The Labute approximate surface area is 129 Å². The van der Waals surface area contributed by atoms with Gasteiger partial charge in [-0.15, -0.1) is 0 Å². The Bertz CT molecular complexity index is 417. The smallest absolute Gasteiger partial charge is 0.128 e. The SMILES string of the molecule is CCCC(N(CC)CC)C(N)(CCC)c1ccccc1F. The van der Waals surface area contributed by atoms with Crippen molar-refractivity contribution < 1.29 is 4.39 Å². The van der Waals surface area contributed by atoms with Crippen molar-refractivity contribution in [1.82, 2.24) is 4.90 Å². The minimum Gasteiger partial charge on any atom is -0.320 e. The normalized spacial score (nSPS) is 16.0. The van der Waals surface area contributed by atoms with Crippen LogP contribution in [-0.4, -0.2) is 24.0 Å². The fourth-order valence-corrected chi connectivity index (χ4v) is 3.44. The Morgan fingerprint density at radius 3 is 2.19 bits per heavy atom. The molecule has 1 aromatic rings. The Morgan fingerprint density at radius 1 is 1.10 bits per heavy atom. The van der Waals surface area contributed by atoms with E-state index in [2.05, 4.69) is 32.6 Å². The quantitative estimate of drug-likeness (QED) is 0.736. The molecule has 1 rings (SSSR count). The summed E-state index contributed by atoms with van der Waals surface area (Å²) in [7, 11) is 0. The zero-order chi connectivity index (χ0) is 15.9. The van der Waals surface area contributed by atoms with E-state index in [-0.39, 0.29) is 11.9 Å². The molecule has 0 fully saturated rings. The third-order valence-electron chi connectivity index (χ3n) is 4.45. The molecule has 0 radical (unpaired) electrons. The fraction of sp³-hybridized carbons (Fsp3) is 0.667. The second-order valence-electron chi connectivity index (χ2n) is 5.80. The van der Waals surface area contributed by atoms with Crippen LogP contribution in [0, 0.1) is 5.82 Å². The minimum atomic E-state index is -0.623. The van der Waals surface area contributed by atoms with E-state index in [9.17, 15) is 4.39 Å². The lowest BCUT2D eigenvalue weighted by Crippen LogP contribution is -2.56. The predicted molar refractivity (Wildman–Crippen MR) is 88.8 cm³/mol. The summed E-state index contributed by atoms with van der Waals surface area (Å²) in [4.78, 5) is 2.38. The van der Waals surface area contributed by atoms with Crippen LogP contribution in [-0.2, 0) is 5.54 Å². The number of hydrogen-bond acceptors (Lipinski definition) is 2. The number of hydrogen-bond donors (Lipinski definition) is 1. The largest absolute Gasteiger partial charge is 0.320 e. The van der Waals surface area contributed by atoms with Gasteiger partial charge in [-0.2, -0.15) is 0 Å². The van der Waals surface area contributed by atoms with Crippen LogP contribution in [0.15, 0.2) is 24.3 Å². The zero-order valence-corrected chi connectivity index (χ0v) is 14.0. The van der Waals surface area contributed by atoms with Gasteiger partial charge < -0.3 is 5.73 Å². The van der Waals surface area contributed by atoms with Gasteiger partial charge in [0.1, 0.15) is 5.82 Å². The number of benzene rings is 1. The number of nitrogens with two attached hydrogens (primary N) is 1. The van der Waals surface area contributed by atoms with Crippen LogP contribution in [0.2, 0.25) is 0 Å². The molecule has 2 unspecified atom stereocenters. The van der Waals surface area contributed by atoms with Crippen LogP contribution >= 0.6 is 0 Å². The van der Waals surface area contributed by atoms with Crippen molar-refractivity contribution in [3.8, 4) is 0 Å². The van der Waals surface area contributed by atoms with Gasteiger partial charge in [0.05, 0.1) is 5.54 Å². The highest BCUT2D eigenvalue weighted by Gasteiger charge is 2.39. The van der Waals surface area contributed by atoms with Crippen molar-refractivity contribution in [2.45, 2.75) is 65.0 Å². The molecule has 0 aliphatic carbocycles. The highest BCUT2D eigenvalue weighted by atomic mass is 19.1. The van der Waals surface area contributed by atoms with Crippen LogP contribution in [0.5, 0.6) is 0 Å². The highest BCUT2D eigenvalue weighted by Crippen LogP contribution is 2.34. The summed E-state index contributed by atoms with van der Waals surface area (Å²) in [5, 5.41) is 0. The molecule has 2 atom stereocenters. The van der Waals surface area contributed by atoms with Crippen molar-refractivity contribution in [2.24, 2.45) is 5.73 Å². The van der Waals surface area contributed by atoms with E-state index in [0.29, 0.717) is 5.56 Å². The van der Waals surface area contributed by atoms with E-state index >= 15 is 0 Å². The molecule has 0 spiro atoms. The van der Waals surface area contributed by atoms with Crippen molar-refractivity contribution >= 4 is 0 Å². The van der Waals surface area contributed by atoms with E-state index in [1.54, 1.807) is 6.07 Å². The van der Waals surface area contributed by atoms with E-state index in [1.807, 2.05) is 12.1 Å². The second kappa shape index (κ2) is 8.50. The Hall–Kier alpha value is -0.930. The van der Waals surface area contributed by atoms with Gasteiger partial charge in [0, 0.05) is 11.6 Å². The minimum absolute atomic E-state index is 0.175. The molecule has 2 N–H and O–H groups in total. The summed E-state index contributed by atoms with van der Waals surface area (Å²) in [5.74, 6) is -0.179. The molecule has 3 heteroatoms. The molecule has 0 amide bonds. The van der Waals surface area contributed by atoms with Crippen molar-refractivity contribution in [2.75, 3.05) is 13.1 Å². The molecule has 120 valence electrons. The first-order valence-corrected chi connectivity index (χ1v) is 8.32. The summed E-state index contributed by atoms with van der Waals surface area (Å²) in [6, 6.07) is 7.18. The highest BCUT2D eigenvalue weighted by molar-refractivity contribution is 5.28. The van der Waals surface area contributed by atoms with Gasteiger partial charge in [0.15, 0.2) is 0 Å². The maximum absolute atomic E-state index is 14.4. The van der Waals surface area contributed by atoms with Crippen molar-refractivity contribution in [3.63, 3.8) is 0 Å². The number of nitrogens with zero attached hydrogens (tertiary/aromatic N) is 1. The lowest BCUT2D eigenvalue weighted by atomic mass is 9.77. The van der Waals surface area contributed by atoms with Gasteiger partial charge in [0.25, 0.3) is 0 Å². The standard InChI is InChI=1S/C18H31FN2/c1-5-11-17(21(7-3)8-4)18(20,14-6-2)15-12-9-10-13-16(15)19/h9-10,12-13,17H,5-8,11,14,20H2,1-4H3. The first-order chi connectivity index (χ1) is 10.0. The molecule has 0 saturated carbocycles. The van der Waals surface area contributed by atoms with E-state index in [4.69, 9.17) is 5.73 Å². The van der Waals surface area contributed by atoms with Crippen molar-refractivity contribution in [3.05, 3.63) is 35.6 Å². The average Bonchev–Trinajstić information content (AvgIpc) is 2.48. The van der Waals surface area contributed by atoms with Gasteiger partial charge in [-0.3, -0.25) is 4.90 Å². The first kappa shape index (κ1) is 18.1. The molecule has 0 heterocycles. The molecule has 0 aromatic heterocycles. The Morgan fingerprint density at radius 2 is 1.71 bits per heavy atom. The summed E-state index contributed by atoms with van der Waals surface area (Å²) in [5.41, 5.74) is 6.87. The molecular weight excluding hydrogens is 263 g/mol. The predicted octanol–water partition coefficient (Wildman–Crippen LogP) is 4.29. The third kappa shape index (κ3) is 4.04. The molecule has 0 saturated heterocycles. The molecule has 2 nitrogen and oxygen atoms in total. The average molecular weight is 294 g/mol. The lowest BCUT2D eigenvalue weighted by Gasteiger charge is -2.44. The maximum Gasteiger partial charge on any atom is 0.128 e. The topological polar surface area (TPSA) is 29.3 Å². The van der Waals surface area contributed by atoms with Crippen molar-refractivity contribution in [1.29, 1.82) is 0 Å². The third-order valence-corrected chi connectivity index (χ3v) is 4.45. The van der Waals surface area contributed by atoms with E-state index in [1.165, 1.54) is 6.07 Å². The Balaban J connectivity index is 3.31. The monoisotopic (exact) mass is 294 g/mol. The summed E-state index contributed by atoms with van der Waals surface area (Å²) < 4.78 is 14.4. The zero-order valence-electron chi connectivity index (χ0n) is 14.0. The summed E-state index contributed by atoms with van der Waals surface area (Å²) in [6.07, 6.45) is 3.80. The van der Waals surface area contributed by atoms with Gasteiger partial charge in [0.2, 0.25) is 0 Å². The van der Waals surface area contributed by atoms with Gasteiger partial charge in [-0.05, 0) is 32.0 Å². The number of rotatable bonds is 9. The molecule has 0 aliphatic heterocycles. The van der Waals surface area contributed by atoms with E-state index < -0.39 is 5.54 Å². The fourth-order valence-electron chi connectivity index (χ4n) is 3.44. The molecular formula is C18H31FN2. The molecule has 21 heavy (non-hydrogen) atoms. The van der Waals surface area contributed by atoms with Gasteiger partial charge in [-0.25, -0.2) is 4.39 Å². The first-order valence-electron chi connectivity index (χ1n) is 8.32. The number of halogens is 1. The van der Waals surface area contributed by atoms with Gasteiger partial charge in [-0.1, -0.05) is 58.7 Å². The number of likely N-dealkylation sites (N-methyl/N-ethyl adjacent to an activating group) is 1. The van der Waals surface area contributed by atoms with E-state index in [0.717, 1.165) is 38.8 Å². The van der Waals surface area contributed by atoms with Crippen LogP contribution < -0.4 is 5.73 Å². The second-order valence-corrected chi connectivity index (χ2v) is 5.80. The van der Waals surface area contributed by atoms with Gasteiger partial charge >= 0.3 is 0 Å². The van der Waals surface area contributed by atoms with Crippen LogP contribution in [0.25, 0.3) is 0 Å². The summed E-state index contributed by atoms with van der Waals surface area (Å²) >= 11 is 0. The lowest BCUT2D eigenvalue weighted by molar-refractivity contribution is 0.110. The molecule has 0 aliphatic rings. The summed E-state index contributed by atoms with van der Waals surface area (Å²) in [6.45, 7) is 10.5. The van der Waals surface area contributed by atoms with Crippen LogP contribution in [0.1, 0.15) is 58.9 Å².